The third-order valence-corrected chi connectivity index (χ3v) is 2.67. The molecule has 0 fully saturated rings. The van der Waals surface area contributed by atoms with Gasteiger partial charge in [-0.15, -0.1) is 0 Å². The van der Waals surface area contributed by atoms with Gasteiger partial charge in [-0.05, 0) is 32.4 Å². The van der Waals surface area contributed by atoms with Gasteiger partial charge in [0.2, 0.25) is 0 Å². The van der Waals surface area contributed by atoms with Crippen molar-refractivity contribution in [2.75, 3.05) is 13.7 Å². The lowest BCUT2D eigenvalue weighted by Crippen LogP contribution is -2.35. The van der Waals surface area contributed by atoms with Crippen molar-refractivity contribution in [3.8, 4) is 0 Å². The smallest absolute Gasteiger partial charge is 0.268 e. The lowest BCUT2D eigenvalue weighted by atomic mass is 10.1. The molecule has 2 atom stereocenters. The Morgan fingerprint density at radius 1 is 1.56 bits per heavy atom. The second-order valence-electron chi connectivity index (χ2n) is 4.54. The normalized spacial score (nSPS) is 14.2. The molecule has 5 heteroatoms. The summed E-state index contributed by atoms with van der Waals surface area (Å²) in [4.78, 5) is 12.0. The fourth-order valence-corrected chi connectivity index (χ4v) is 1.87. The molecular weight excluding hydrogens is 232 g/mol. The number of methoxy groups -OCH3 is 1. The Kier molecular flexibility index (Phi) is 5.88. The number of aromatic nitrogens is 1. The van der Waals surface area contributed by atoms with Crippen molar-refractivity contribution in [3.05, 3.63) is 24.0 Å². The molecule has 0 aromatic carbocycles. The molecule has 0 spiro atoms. The van der Waals surface area contributed by atoms with Crippen LogP contribution in [0.5, 0.6) is 0 Å². The zero-order chi connectivity index (χ0) is 13.5. The molecule has 0 aliphatic carbocycles. The molecule has 0 saturated heterocycles. The van der Waals surface area contributed by atoms with Gasteiger partial charge in [-0.1, -0.05) is 0 Å². The number of amides is 1. The fraction of sp³-hybridized carbons (Fsp3) is 0.615. The summed E-state index contributed by atoms with van der Waals surface area (Å²) in [7, 11) is 1.63. The van der Waals surface area contributed by atoms with Gasteiger partial charge < -0.3 is 19.7 Å². The molecule has 0 bridgehead atoms. The van der Waals surface area contributed by atoms with Crippen LogP contribution in [0, 0.1) is 0 Å². The van der Waals surface area contributed by atoms with Crippen molar-refractivity contribution in [1.29, 1.82) is 0 Å². The third kappa shape index (κ3) is 4.50. The summed E-state index contributed by atoms with van der Waals surface area (Å²) >= 11 is 0. The first kappa shape index (κ1) is 14.7. The van der Waals surface area contributed by atoms with Crippen LogP contribution in [-0.4, -0.2) is 41.4 Å². The maximum absolute atomic E-state index is 12.0. The van der Waals surface area contributed by atoms with Crippen molar-refractivity contribution in [2.45, 2.75) is 39.0 Å². The van der Waals surface area contributed by atoms with Crippen molar-refractivity contribution in [3.63, 3.8) is 0 Å². The van der Waals surface area contributed by atoms with Gasteiger partial charge in [0.25, 0.3) is 5.91 Å². The number of aliphatic hydroxyl groups is 1. The SMILES string of the molecule is COCCn1cccc1C(=O)NC(C)CC(C)O. The molecule has 0 aliphatic heterocycles. The van der Waals surface area contributed by atoms with Crippen LogP contribution in [0.1, 0.15) is 30.8 Å². The highest BCUT2D eigenvalue weighted by atomic mass is 16.5. The number of hydrogen-bond acceptors (Lipinski definition) is 3. The highest BCUT2D eigenvalue weighted by Gasteiger charge is 2.14. The standard InChI is InChI=1S/C13H22N2O3/c1-10(9-11(2)16)14-13(17)12-5-4-6-15(12)7-8-18-3/h4-6,10-11,16H,7-9H2,1-3H3,(H,14,17). The molecule has 0 aliphatic rings. The van der Waals surface area contributed by atoms with E-state index in [4.69, 9.17) is 4.74 Å². The summed E-state index contributed by atoms with van der Waals surface area (Å²) in [6, 6.07) is 3.56. The minimum atomic E-state index is -0.416. The van der Waals surface area contributed by atoms with Crippen molar-refractivity contribution in [2.24, 2.45) is 0 Å². The van der Waals surface area contributed by atoms with Crippen LogP contribution in [-0.2, 0) is 11.3 Å². The predicted molar refractivity (Wildman–Crippen MR) is 69.5 cm³/mol. The predicted octanol–water partition coefficient (Wildman–Crippen LogP) is 1.02. The highest BCUT2D eigenvalue weighted by molar-refractivity contribution is 5.92. The Morgan fingerprint density at radius 2 is 2.28 bits per heavy atom. The number of hydrogen-bond donors (Lipinski definition) is 2. The number of aliphatic hydroxyl groups excluding tert-OH is 1. The second-order valence-corrected chi connectivity index (χ2v) is 4.54. The van der Waals surface area contributed by atoms with Gasteiger partial charge in [0.1, 0.15) is 5.69 Å². The van der Waals surface area contributed by atoms with Gasteiger partial charge in [0.15, 0.2) is 0 Å². The summed E-state index contributed by atoms with van der Waals surface area (Å²) < 4.78 is 6.85. The van der Waals surface area contributed by atoms with E-state index >= 15 is 0 Å². The first-order valence-electron chi connectivity index (χ1n) is 6.17. The molecule has 1 heterocycles. The molecule has 1 amide bonds. The van der Waals surface area contributed by atoms with Crippen LogP contribution >= 0.6 is 0 Å². The van der Waals surface area contributed by atoms with E-state index in [0.29, 0.717) is 25.3 Å². The highest BCUT2D eigenvalue weighted by Crippen LogP contribution is 2.04. The summed E-state index contributed by atoms with van der Waals surface area (Å²) in [5.74, 6) is -0.121. The van der Waals surface area contributed by atoms with E-state index in [1.165, 1.54) is 0 Å². The largest absolute Gasteiger partial charge is 0.393 e. The molecule has 2 unspecified atom stereocenters. The van der Waals surface area contributed by atoms with E-state index in [0.717, 1.165) is 0 Å². The van der Waals surface area contributed by atoms with Gasteiger partial charge in [-0.25, -0.2) is 0 Å². The van der Waals surface area contributed by atoms with Crippen molar-refractivity contribution >= 4 is 5.91 Å². The van der Waals surface area contributed by atoms with Gasteiger partial charge in [0, 0.05) is 25.9 Å². The van der Waals surface area contributed by atoms with Crippen LogP contribution in [0.2, 0.25) is 0 Å². The van der Waals surface area contributed by atoms with Crippen LogP contribution in [0.4, 0.5) is 0 Å². The number of nitrogens with zero attached hydrogens (tertiary/aromatic N) is 1. The summed E-state index contributed by atoms with van der Waals surface area (Å²) in [6.45, 7) is 4.81. The molecule has 5 nitrogen and oxygen atoms in total. The first-order chi connectivity index (χ1) is 8.54. The lowest BCUT2D eigenvalue weighted by Gasteiger charge is -2.16. The topological polar surface area (TPSA) is 63.5 Å². The molecule has 18 heavy (non-hydrogen) atoms. The Labute approximate surface area is 108 Å². The quantitative estimate of drug-likeness (QED) is 0.763. The van der Waals surface area contributed by atoms with E-state index in [1.54, 1.807) is 20.1 Å². The first-order valence-corrected chi connectivity index (χ1v) is 6.17. The van der Waals surface area contributed by atoms with Gasteiger partial charge in [-0.3, -0.25) is 4.79 Å². The van der Waals surface area contributed by atoms with E-state index in [1.807, 2.05) is 23.8 Å². The Balaban J connectivity index is 2.58. The van der Waals surface area contributed by atoms with E-state index in [9.17, 15) is 9.90 Å². The number of rotatable bonds is 7. The van der Waals surface area contributed by atoms with E-state index in [2.05, 4.69) is 5.32 Å². The summed E-state index contributed by atoms with van der Waals surface area (Å²) in [5.41, 5.74) is 0.615. The van der Waals surface area contributed by atoms with Crippen LogP contribution < -0.4 is 5.32 Å². The van der Waals surface area contributed by atoms with Crippen LogP contribution in [0.25, 0.3) is 0 Å². The van der Waals surface area contributed by atoms with Gasteiger partial charge >= 0.3 is 0 Å². The van der Waals surface area contributed by atoms with Crippen molar-refractivity contribution in [1.82, 2.24) is 9.88 Å². The molecule has 102 valence electrons. The number of ether oxygens (including phenoxy) is 1. The van der Waals surface area contributed by atoms with Crippen LogP contribution in [0.15, 0.2) is 18.3 Å². The lowest BCUT2D eigenvalue weighted by molar-refractivity contribution is 0.0911. The molecule has 0 saturated carbocycles. The second kappa shape index (κ2) is 7.18. The number of carbonyl (C=O) groups excluding carboxylic acids is 1. The zero-order valence-electron chi connectivity index (χ0n) is 11.2. The van der Waals surface area contributed by atoms with E-state index in [-0.39, 0.29) is 11.9 Å². The monoisotopic (exact) mass is 254 g/mol. The number of carbonyl (C=O) groups is 1. The minimum absolute atomic E-state index is 0.0525. The molecular formula is C13H22N2O3. The summed E-state index contributed by atoms with van der Waals surface area (Å²) in [5, 5.41) is 12.1. The zero-order valence-corrected chi connectivity index (χ0v) is 11.2. The third-order valence-electron chi connectivity index (χ3n) is 2.67. The van der Waals surface area contributed by atoms with Crippen LogP contribution in [0.3, 0.4) is 0 Å². The Morgan fingerprint density at radius 3 is 2.89 bits per heavy atom. The van der Waals surface area contributed by atoms with Gasteiger partial charge in [-0.2, -0.15) is 0 Å². The maximum Gasteiger partial charge on any atom is 0.268 e. The Bertz CT molecular complexity index is 374. The maximum atomic E-state index is 12.0. The van der Waals surface area contributed by atoms with E-state index < -0.39 is 6.10 Å². The van der Waals surface area contributed by atoms with Gasteiger partial charge in [0.05, 0.1) is 12.7 Å². The minimum Gasteiger partial charge on any atom is -0.393 e. The molecule has 1 aromatic rings. The molecule has 2 N–H and O–H groups in total. The average molecular weight is 254 g/mol. The van der Waals surface area contributed by atoms with Crippen molar-refractivity contribution < 1.29 is 14.6 Å². The number of nitrogens with one attached hydrogen (secondary N) is 1. The molecule has 1 rings (SSSR count). The average Bonchev–Trinajstić information content (AvgIpc) is 2.72. The summed E-state index contributed by atoms with van der Waals surface area (Å²) in [6.07, 6.45) is 1.98. The molecule has 1 aromatic heterocycles. The Hall–Kier alpha value is -1.33. The molecule has 0 radical (unpaired) electrons. The fourth-order valence-electron chi connectivity index (χ4n) is 1.87.